The first-order valence-corrected chi connectivity index (χ1v) is 14.3. The van der Waals surface area contributed by atoms with E-state index in [4.69, 9.17) is 0 Å². The molecule has 1 heterocycles. The molecule has 1 saturated heterocycles. The van der Waals surface area contributed by atoms with E-state index < -0.39 is 6.36 Å². The summed E-state index contributed by atoms with van der Waals surface area (Å²) in [7, 11) is 0. The van der Waals surface area contributed by atoms with Crippen LogP contribution in [-0.2, 0) is 0 Å². The molecule has 7 nitrogen and oxygen atoms in total. The van der Waals surface area contributed by atoms with E-state index in [0.717, 1.165) is 46.3 Å². The lowest BCUT2D eigenvalue weighted by Crippen LogP contribution is -2.34. The number of thioether (sulfide) groups is 1. The number of benzene rings is 4. The molecule has 0 amide bonds. The molecule has 4 aromatic carbocycles. The second-order valence-corrected chi connectivity index (χ2v) is 10.3. The molecule has 0 spiro atoms. The van der Waals surface area contributed by atoms with Crippen LogP contribution in [0.4, 0.5) is 24.5 Å². The average Bonchev–Trinajstić information content (AvgIpc) is 3.02. The fraction of sp³-hybridized carbons (Fsp3) is 0.125. The second-order valence-electron chi connectivity index (χ2n) is 9.28. The minimum Gasteiger partial charge on any atom is -0.464 e. The van der Waals surface area contributed by atoms with Crippen LogP contribution in [-0.4, -0.2) is 42.2 Å². The van der Waals surface area contributed by atoms with E-state index in [1.807, 2.05) is 30.3 Å². The third-order valence-corrected chi connectivity index (χ3v) is 7.35. The molecular formula is C32H26F3N6OS-. The normalized spacial score (nSPS) is 14.9. The largest absolute Gasteiger partial charge is 0.573 e. The van der Waals surface area contributed by atoms with Gasteiger partial charge in [-0.25, -0.2) is 0 Å². The minimum absolute atomic E-state index is 0.236. The number of amidine groups is 2. The van der Waals surface area contributed by atoms with Crippen LogP contribution in [0.5, 0.6) is 5.75 Å². The highest BCUT2D eigenvalue weighted by atomic mass is 32.2. The number of nitrogens with zero attached hydrogens (tertiary/aromatic N) is 5. The topological polar surface area (TPSA) is 83.9 Å². The summed E-state index contributed by atoms with van der Waals surface area (Å²) in [5, 5.41) is 22.8. The predicted octanol–water partition coefficient (Wildman–Crippen LogP) is 8.04. The van der Waals surface area contributed by atoms with Crippen molar-refractivity contribution in [1.82, 2.24) is 0 Å². The molecule has 0 unspecified atom stereocenters. The van der Waals surface area contributed by atoms with Crippen LogP contribution < -0.4 is 15.0 Å². The van der Waals surface area contributed by atoms with Crippen molar-refractivity contribution >= 4 is 46.7 Å². The lowest BCUT2D eigenvalue weighted by molar-refractivity contribution is -0.274. The summed E-state index contributed by atoms with van der Waals surface area (Å²) in [4.78, 5) is 6.16. The van der Waals surface area contributed by atoms with Gasteiger partial charge in [-0.3, -0.25) is 0 Å². The van der Waals surface area contributed by atoms with Crippen LogP contribution in [0.1, 0.15) is 17.5 Å². The van der Waals surface area contributed by atoms with Gasteiger partial charge in [-0.05, 0) is 59.8 Å². The number of anilines is 2. The fourth-order valence-electron chi connectivity index (χ4n) is 4.30. The average molecular weight is 600 g/mol. The van der Waals surface area contributed by atoms with E-state index in [0.29, 0.717) is 11.3 Å². The van der Waals surface area contributed by atoms with Crippen LogP contribution in [0.25, 0.3) is 16.5 Å². The van der Waals surface area contributed by atoms with Gasteiger partial charge in [0.05, 0.1) is 11.9 Å². The Bertz CT molecular complexity index is 1620. The van der Waals surface area contributed by atoms with Crippen LogP contribution in [0.3, 0.4) is 0 Å². The van der Waals surface area contributed by atoms with E-state index >= 15 is 0 Å². The molecule has 218 valence electrons. The third kappa shape index (κ3) is 8.32. The quantitative estimate of drug-likeness (QED) is 0.126. The number of rotatable bonds is 8. The number of halogens is 3. The number of alkyl halides is 3. The molecule has 0 bridgehead atoms. The molecule has 4 aromatic rings. The predicted molar refractivity (Wildman–Crippen MR) is 170 cm³/mol. The lowest BCUT2D eigenvalue weighted by Gasteiger charge is -2.30. The minimum atomic E-state index is -4.75. The fourth-order valence-corrected chi connectivity index (χ4v) is 5.20. The standard InChI is InChI=1S/C32H26F3N6OS/c33-32(34,35)42-27-17-15-26(16-18-27)37-22-38-30(36)25-13-11-23(12-14-25)21-39-40-31-41(19-6-20-43-31)29-10-5-4-9-28(29)24-7-2-1-3-8-24/h1-5,7-18,21-22H,6,19-20H2,(H-,36,37,38)/q-1/b39-21+,40-31-. The van der Waals surface area contributed by atoms with Gasteiger partial charge >= 0.3 is 6.36 Å². The Balaban J connectivity index is 1.20. The number of ether oxygens (including phenoxy) is 1. The first-order valence-electron chi connectivity index (χ1n) is 13.3. The first kappa shape index (κ1) is 29.6. The van der Waals surface area contributed by atoms with Crippen LogP contribution in [0.2, 0.25) is 0 Å². The van der Waals surface area contributed by atoms with Gasteiger partial charge < -0.3 is 25.4 Å². The zero-order valence-corrected chi connectivity index (χ0v) is 23.6. The monoisotopic (exact) mass is 599 g/mol. The van der Waals surface area contributed by atoms with Crippen molar-refractivity contribution < 1.29 is 17.9 Å². The Morgan fingerprint density at radius 1 is 0.907 bits per heavy atom. The van der Waals surface area contributed by atoms with Gasteiger partial charge in [0, 0.05) is 23.5 Å². The maximum absolute atomic E-state index is 12.3. The summed E-state index contributed by atoms with van der Waals surface area (Å²) in [6, 6.07) is 30.7. The van der Waals surface area contributed by atoms with Crippen molar-refractivity contribution in [3.63, 3.8) is 0 Å². The molecule has 0 atom stereocenters. The zero-order chi connectivity index (χ0) is 30.1. The molecule has 0 saturated carbocycles. The van der Waals surface area contributed by atoms with Gasteiger partial charge in [-0.1, -0.05) is 90.4 Å². The van der Waals surface area contributed by atoms with E-state index in [1.165, 1.54) is 30.6 Å². The van der Waals surface area contributed by atoms with Crippen molar-refractivity contribution in [2.24, 2.45) is 15.2 Å². The van der Waals surface area contributed by atoms with E-state index in [9.17, 15) is 18.6 Å². The molecule has 1 aliphatic heterocycles. The summed E-state index contributed by atoms with van der Waals surface area (Å²) in [5.74, 6) is 0.400. The van der Waals surface area contributed by atoms with Crippen molar-refractivity contribution in [2.45, 2.75) is 12.8 Å². The van der Waals surface area contributed by atoms with Gasteiger partial charge in [-0.15, -0.1) is 18.3 Å². The highest BCUT2D eigenvalue weighted by Gasteiger charge is 2.31. The highest BCUT2D eigenvalue weighted by Crippen LogP contribution is 2.34. The Morgan fingerprint density at radius 3 is 2.37 bits per heavy atom. The number of aliphatic imine (C=N–C) groups is 1. The molecule has 5 rings (SSSR count). The zero-order valence-electron chi connectivity index (χ0n) is 22.8. The summed E-state index contributed by atoms with van der Waals surface area (Å²) < 4.78 is 40.7. The molecule has 0 aliphatic carbocycles. The van der Waals surface area contributed by atoms with E-state index in [2.05, 4.69) is 54.4 Å². The highest BCUT2D eigenvalue weighted by molar-refractivity contribution is 8.14. The smallest absolute Gasteiger partial charge is 0.464 e. The SMILES string of the molecule is [N-]=C(N=CNc1ccc(OC(F)(F)F)cc1)c1ccc(/C=N/N=C2\SCCCN2c2ccccc2-c2ccccc2)cc1. The summed E-state index contributed by atoms with van der Waals surface area (Å²) >= 11 is 1.67. The second kappa shape index (κ2) is 13.8. The van der Waals surface area contributed by atoms with E-state index in [1.54, 1.807) is 42.2 Å². The van der Waals surface area contributed by atoms with Gasteiger partial charge in [0.1, 0.15) is 5.75 Å². The molecule has 1 fully saturated rings. The number of para-hydroxylation sites is 1. The molecule has 43 heavy (non-hydrogen) atoms. The Labute approximate surface area is 251 Å². The van der Waals surface area contributed by atoms with Crippen LogP contribution in [0, 0.1) is 0 Å². The number of nitrogens with one attached hydrogen (secondary N) is 1. The number of hydrogen-bond acceptors (Lipinski definition) is 4. The van der Waals surface area contributed by atoms with Gasteiger partial charge in [0.25, 0.3) is 0 Å². The molecule has 1 aliphatic rings. The Kier molecular flexibility index (Phi) is 9.52. The van der Waals surface area contributed by atoms with Gasteiger partial charge in [-0.2, -0.15) is 5.10 Å². The Hall–Kier alpha value is -4.90. The molecule has 0 aromatic heterocycles. The molecule has 0 radical (unpaired) electrons. The van der Waals surface area contributed by atoms with Crippen molar-refractivity contribution in [3.8, 4) is 16.9 Å². The third-order valence-electron chi connectivity index (χ3n) is 6.29. The molecule has 1 N–H and O–H groups in total. The summed E-state index contributed by atoms with van der Waals surface area (Å²) in [5.41, 5.74) is 5.11. The summed E-state index contributed by atoms with van der Waals surface area (Å²) in [6.45, 7) is 0.849. The summed E-state index contributed by atoms with van der Waals surface area (Å²) in [6.07, 6.45) is -0.818. The molecule has 11 heteroatoms. The maximum atomic E-state index is 12.3. The number of hydrogen-bond donors (Lipinski definition) is 1. The van der Waals surface area contributed by atoms with Gasteiger partial charge in [0.2, 0.25) is 0 Å². The van der Waals surface area contributed by atoms with Crippen LogP contribution >= 0.6 is 11.8 Å². The Morgan fingerprint density at radius 2 is 1.63 bits per heavy atom. The van der Waals surface area contributed by atoms with E-state index in [-0.39, 0.29) is 11.6 Å². The van der Waals surface area contributed by atoms with Crippen LogP contribution in [0.15, 0.2) is 118 Å². The maximum Gasteiger partial charge on any atom is 0.573 e. The molecular weight excluding hydrogens is 573 g/mol. The van der Waals surface area contributed by atoms with Crippen molar-refractivity contribution in [3.05, 3.63) is 120 Å². The first-order chi connectivity index (χ1) is 20.9. The van der Waals surface area contributed by atoms with Crippen molar-refractivity contribution in [1.29, 1.82) is 0 Å². The van der Waals surface area contributed by atoms with Crippen molar-refractivity contribution in [2.75, 3.05) is 22.5 Å². The lowest BCUT2D eigenvalue weighted by atomic mass is 10.0. The van der Waals surface area contributed by atoms with Gasteiger partial charge in [0.15, 0.2) is 5.17 Å².